The molecule has 228 valence electrons. The lowest BCUT2D eigenvalue weighted by molar-refractivity contribution is -0.135. The Hall–Kier alpha value is -4.70. The Balaban J connectivity index is 1.68. The number of hydrogen-bond acceptors (Lipinski definition) is 5. The first-order valence-electron chi connectivity index (χ1n) is 14.2. The molecule has 43 heavy (non-hydrogen) atoms. The van der Waals surface area contributed by atoms with E-state index in [1.807, 2.05) is 45.0 Å². The van der Waals surface area contributed by atoms with E-state index >= 15 is 0 Å². The molecule has 0 aliphatic heterocycles. The standard InChI is InChI=1S/C33H40N4O6/c1-23(2)21-37(28-16-12-26(13-17-28)32(40)41)31(39)22-36(18-7-19-43-4)30(38)20-25-10-14-27(15-11-25)34-33(42)35-29-9-6-5-8-24(29)3/h5-6,8-17,23H,7,18-22H2,1-4H3,(H,40,41)(H2,34,35,42). The third-order valence-electron chi connectivity index (χ3n) is 6.69. The van der Waals surface area contributed by atoms with Crippen molar-refractivity contribution in [2.24, 2.45) is 5.92 Å². The summed E-state index contributed by atoms with van der Waals surface area (Å²) < 4.78 is 5.16. The molecule has 10 nitrogen and oxygen atoms in total. The van der Waals surface area contributed by atoms with E-state index in [0.717, 1.165) is 16.8 Å². The monoisotopic (exact) mass is 588 g/mol. The topological polar surface area (TPSA) is 128 Å². The van der Waals surface area contributed by atoms with Crippen LogP contribution in [0, 0.1) is 12.8 Å². The van der Waals surface area contributed by atoms with Gasteiger partial charge >= 0.3 is 12.0 Å². The van der Waals surface area contributed by atoms with Gasteiger partial charge in [-0.2, -0.15) is 0 Å². The maximum atomic E-state index is 13.5. The highest BCUT2D eigenvalue weighted by Gasteiger charge is 2.23. The quantitative estimate of drug-likeness (QED) is 0.215. The Kier molecular flexibility index (Phi) is 12.3. The summed E-state index contributed by atoms with van der Waals surface area (Å²) in [6.07, 6.45) is 0.638. The second-order valence-corrected chi connectivity index (χ2v) is 10.7. The van der Waals surface area contributed by atoms with E-state index in [4.69, 9.17) is 4.74 Å². The molecular formula is C33H40N4O6. The fourth-order valence-electron chi connectivity index (χ4n) is 4.43. The second-order valence-electron chi connectivity index (χ2n) is 10.7. The summed E-state index contributed by atoms with van der Waals surface area (Å²) in [5, 5.41) is 14.8. The zero-order chi connectivity index (χ0) is 31.4. The third-order valence-corrected chi connectivity index (χ3v) is 6.69. The molecule has 3 rings (SSSR count). The maximum absolute atomic E-state index is 13.5. The minimum Gasteiger partial charge on any atom is -0.478 e. The lowest BCUT2D eigenvalue weighted by Crippen LogP contribution is -2.45. The Labute approximate surface area is 252 Å². The highest BCUT2D eigenvalue weighted by molar-refractivity contribution is 6.00. The van der Waals surface area contributed by atoms with Crippen molar-refractivity contribution >= 4 is 40.9 Å². The molecule has 0 aliphatic carbocycles. The number of carbonyl (C=O) groups excluding carboxylic acids is 3. The number of nitrogens with zero attached hydrogens (tertiary/aromatic N) is 2. The third kappa shape index (κ3) is 10.3. The van der Waals surface area contributed by atoms with Crippen LogP contribution in [0.1, 0.15) is 41.8 Å². The molecule has 0 aliphatic rings. The number of carboxylic acids is 1. The van der Waals surface area contributed by atoms with Crippen LogP contribution in [-0.2, 0) is 20.7 Å². The fourth-order valence-corrected chi connectivity index (χ4v) is 4.43. The number of ether oxygens (including phenoxy) is 1. The Morgan fingerprint density at radius 3 is 2.16 bits per heavy atom. The van der Waals surface area contributed by atoms with Gasteiger partial charge in [-0.1, -0.05) is 44.2 Å². The van der Waals surface area contributed by atoms with Crippen molar-refractivity contribution in [3.05, 3.63) is 89.5 Å². The minimum absolute atomic E-state index is 0.0768. The van der Waals surface area contributed by atoms with E-state index in [1.165, 1.54) is 17.0 Å². The van der Waals surface area contributed by atoms with Crippen molar-refractivity contribution in [2.75, 3.05) is 48.9 Å². The first kappa shape index (κ1) is 32.8. The van der Waals surface area contributed by atoms with Crippen molar-refractivity contribution in [3.63, 3.8) is 0 Å². The van der Waals surface area contributed by atoms with Gasteiger partial charge < -0.3 is 30.3 Å². The molecular weight excluding hydrogens is 548 g/mol. The van der Waals surface area contributed by atoms with E-state index in [0.29, 0.717) is 37.5 Å². The number of aromatic carboxylic acids is 1. The molecule has 10 heteroatoms. The van der Waals surface area contributed by atoms with Crippen molar-refractivity contribution in [1.29, 1.82) is 0 Å². The smallest absolute Gasteiger partial charge is 0.335 e. The number of nitrogens with one attached hydrogen (secondary N) is 2. The predicted molar refractivity (Wildman–Crippen MR) is 168 cm³/mol. The van der Waals surface area contributed by atoms with E-state index in [-0.39, 0.29) is 42.3 Å². The van der Waals surface area contributed by atoms with Crippen LogP contribution in [0.3, 0.4) is 0 Å². The van der Waals surface area contributed by atoms with Gasteiger partial charge in [0.1, 0.15) is 6.54 Å². The van der Waals surface area contributed by atoms with Gasteiger partial charge in [0, 0.05) is 43.9 Å². The number of hydrogen-bond donors (Lipinski definition) is 3. The van der Waals surface area contributed by atoms with Crippen LogP contribution in [0.5, 0.6) is 0 Å². The Morgan fingerprint density at radius 1 is 0.884 bits per heavy atom. The minimum atomic E-state index is -1.04. The summed E-state index contributed by atoms with van der Waals surface area (Å²) >= 11 is 0. The van der Waals surface area contributed by atoms with E-state index in [1.54, 1.807) is 48.4 Å². The largest absolute Gasteiger partial charge is 0.478 e. The molecule has 0 saturated carbocycles. The SMILES string of the molecule is COCCCN(CC(=O)N(CC(C)C)c1ccc(C(=O)O)cc1)C(=O)Cc1ccc(NC(=O)Nc2ccccc2C)cc1. The predicted octanol–water partition coefficient (Wildman–Crippen LogP) is 5.43. The Bertz CT molecular complexity index is 1390. The number of urea groups is 1. The zero-order valence-electron chi connectivity index (χ0n) is 25.1. The van der Waals surface area contributed by atoms with Gasteiger partial charge in [0.05, 0.1) is 12.0 Å². The molecule has 4 amide bonds. The highest BCUT2D eigenvalue weighted by atomic mass is 16.5. The highest BCUT2D eigenvalue weighted by Crippen LogP contribution is 2.19. The summed E-state index contributed by atoms with van der Waals surface area (Å²) in [5.41, 5.74) is 3.68. The fraction of sp³-hybridized carbons (Fsp3) is 0.333. The number of aryl methyl sites for hydroxylation is 1. The maximum Gasteiger partial charge on any atom is 0.335 e. The number of anilines is 3. The average Bonchev–Trinajstić information content (AvgIpc) is 2.97. The van der Waals surface area contributed by atoms with Gasteiger partial charge in [0.2, 0.25) is 11.8 Å². The van der Waals surface area contributed by atoms with Crippen molar-refractivity contribution in [2.45, 2.75) is 33.6 Å². The Morgan fingerprint density at radius 2 is 1.56 bits per heavy atom. The number of benzene rings is 3. The van der Waals surface area contributed by atoms with Gasteiger partial charge in [-0.05, 0) is 72.9 Å². The molecule has 0 atom stereocenters. The molecule has 0 saturated heterocycles. The number of methoxy groups -OCH3 is 1. The summed E-state index contributed by atoms with van der Waals surface area (Å²) in [5.74, 6) is -1.38. The van der Waals surface area contributed by atoms with Gasteiger partial charge in [0.15, 0.2) is 0 Å². The van der Waals surface area contributed by atoms with Crippen molar-refractivity contribution in [1.82, 2.24) is 4.90 Å². The van der Waals surface area contributed by atoms with E-state index in [9.17, 15) is 24.3 Å². The van der Waals surface area contributed by atoms with E-state index in [2.05, 4.69) is 10.6 Å². The van der Waals surface area contributed by atoms with E-state index < -0.39 is 5.97 Å². The average molecular weight is 589 g/mol. The lowest BCUT2D eigenvalue weighted by atomic mass is 10.1. The number of carbonyl (C=O) groups is 4. The normalized spacial score (nSPS) is 10.7. The van der Waals surface area contributed by atoms with Gasteiger partial charge in [-0.25, -0.2) is 9.59 Å². The van der Waals surface area contributed by atoms with Crippen LogP contribution >= 0.6 is 0 Å². The van der Waals surface area contributed by atoms with Crippen LogP contribution in [0.2, 0.25) is 0 Å². The molecule has 0 aromatic heterocycles. The van der Waals surface area contributed by atoms with Crippen molar-refractivity contribution < 1.29 is 29.0 Å². The van der Waals surface area contributed by atoms with Crippen LogP contribution in [0.25, 0.3) is 0 Å². The molecule has 0 unspecified atom stereocenters. The molecule has 3 N–H and O–H groups in total. The number of rotatable bonds is 14. The number of para-hydroxylation sites is 1. The number of amides is 4. The zero-order valence-corrected chi connectivity index (χ0v) is 25.1. The van der Waals surface area contributed by atoms with Crippen LogP contribution < -0.4 is 15.5 Å². The van der Waals surface area contributed by atoms with Crippen LogP contribution in [0.4, 0.5) is 21.9 Å². The van der Waals surface area contributed by atoms with Gasteiger partial charge in [-0.3, -0.25) is 9.59 Å². The molecule has 0 radical (unpaired) electrons. The second kappa shape index (κ2) is 16.1. The van der Waals surface area contributed by atoms with Crippen molar-refractivity contribution in [3.8, 4) is 0 Å². The summed E-state index contributed by atoms with van der Waals surface area (Å²) in [6.45, 7) is 6.94. The molecule has 0 spiro atoms. The molecule has 0 heterocycles. The first-order chi connectivity index (χ1) is 20.6. The summed E-state index contributed by atoms with van der Waals surface area (Å²) in [6, 6.07) is 20.2. The first-order valence-corrected chi connectivity index (χ1v) is 14.2. The molecule has 0 fully saturated rings. The number of carboxylic acid groups (broad SMARTS) is 1. The molecule has 3 aromatic rings. The lowest BCUT2D eigenvalue weighted by Gasteiger charge is -2.29. The molecule has 0 bridgehead atoms. The van der Waals surface area contributed by atoms with Gasteiger partial charge in [0.25, 0.3) is 0 Å². The van der Waals surface area contributed by atoms with Crippen LogP contribution in [-0.4, -0.2) is 67.2 Å². The van der Waals surface area contributed by atoms with Crippen LogP contribution in [0.15, 0.2) is 72.8 Å². The summed E-state index contributed by atoms with van der Waals surface area (Å²) in [7, 11) is 1.58. The summed E-state index contributed by atoms with van der Waals surface area (Å²) in [4.78, 5) is 53.8. The molecule has 3 aromatic carbocycles. The van der Waals surface area contributed by atoms with Gasteiger partial charge in [-0.15, -0.1) is 0 Å².